The minimum absolute atomic E-state index is 0.112. The van der Waals surface area contributed by atoms with Crippen LogP contribution in [0.3, 0.4) is 0 Å². The lowest BCUT2D eigenvalue weighted by Gasteiger charge is -2.17. The summed E-state index contributed by atoms with van der Waals surface area (Å²) in [6.45, 7) is 7.96. The van der Waals surface area contributed by atoms with E-state index in [1.165, 1.54) is 0 Å². The Bertz CT molecular complexity index is 720. The lowest BCUT2D eigenvalue weighted by molar-refractivity contribution is 0.103. The minimum atomic E-state index is -0.171. The lowest BCUT2D eigenvalue weighted by Crippen LogP contribution is -2.06. The lowest BCUT2D eigenvalue weighted by atomic mass is 9.89. The van der Waals surface area contributed by atoms with Crippen LogP contribution in [0, 0.1) is 0 Å². The van der Waals surface area contributed by atoms with E-state index in [9.17, 15) is 9.90 Å². The number of carbonyl (C=O) groups is 1. The number of benzene rings is 2. The topological polar surface area (TPSA) is 37.3 Å². The van der Waals surface area contributed by atoms with Crippen LogP contribution in [0.25, 0.3) is 0 Å². The van der Waals surface area contributed by atoms with Crippen LogP contribution in [0.5, 0.6) is 5.75 Å². The SMILES string of the molecule is CC(C)c1cc(C(=O)c2ccc(Cl)cc2Cl)cc(C(C)C)c1O. The van der Waals surface area contributed by atoms with Gasteiger partial charge in [-0.2, -0.15) is 0 Å². The number of rotatable bonds is 4. The molecule has 23 heavy (non-hydrogen) atoms. The molecular weight excluding hydrogens is 331 g/mol. The van der Waals surface area contributed by atoms with Gasteiger partial charge in [-0.05, 0) is 53.3 Å². The molecule has 0 atom stereocenters. The van der Waals surface area contributed by atoms with Gasteiger partial charge in [0, 0.05) is 16.1 Å². The van der Waals surface area contributed by atoms with E-state index in [-0.39, 0.29) is 23.4 Å². The molecule has 0 saturated carbocycles. The van der Waals surface area contributed by atoms with Gasteiger partial charge in [-0.25, -0.2) is 0 Å². The number of hydrogen-bond acceptors (Lipinski definition) is 2. The van der Waals surface area contributed by atoms with Crippen molar-refractivity contribution in [3.05, 3.63) is 62.6 Å². The third-order valence-corrected chi connectivity index (χ3v) is 4.40. The first-order valence-corrected chi connectivity index (χ1v) is 8.34. The maximum Gasteiger partial charge on any atom is 0.194 e. The van der Waals surface area contributed by atoms with Gasteiger partial charge in [0.2, 0.25) is 0 Å². The molecule has 0 radical (unpaired) electrons. The number of phenols is 1. The molecule has 0 fully saturated rings. The number of aromatic hydroxyl groups is 1. The molecule has 2 rings (SSSR count). The van der Waals surface area contributed by atoms with Gasteiger partial charge in [-0.3, -0.25) is 4.79 Å². The van der Waals surface area contributed by atoms with Gasteiger partial charge in [0.05, 0.1) is 5.02 Å². The molecule has 0 heterocycles. The maximum absolute atomic E-state index is 12.8. The predicted molar refractivity (Wildman–Crippen MR) is 96.2 cm³/mol. The third-order valence-electron chi connectivity index (χ3n) is 3.85. The molecule has 0 aliphatic carbocycles. The van der Waals surface area contributed by atoms with Crippen molar-refractivity contribution < 1.29 is 9.90 Å². The van der Waals surface area contributed by atoms with E-state index in [0.29, 0.717) is 21.2 Å². The van der Waals surface area contributed by atoms with E-state index in [1.54, 1.807) is 30.3 Å². The highest BCUT2D eigenvalue weighted by molar-refractivity contribution is 6.37. The summed E-state index contributed by atoms with van der Waals surface area (Å²) in [7, 11) is 0. The van der Waals surface area contributed by atoms with Crippen molar-refractivity contribution in [1.82, 2.24) is 0 Å². The smallest absolute Gasteiger partial charge is 0.194 e. The summed E-state index contributed by atoms with van der Waals surface area (Å²) in [5.74, 6) is 0.325. The molecule has 2 aromatic rings. The zero-order chi connectivity index (χ0) is 17.3. The zero-order valence-corrected chi connectivity index (χ0v) is 15.2. The summed E-state index contributed by atoms with van der Waals surface area (Å²) in [4.78, 5) is 12.8. The molecule has 0 spiro atoms. The monoisotopic (exact) mass is 350 g/mol. The fourth-order valence-corrected chi connectivity index (χ4v) is 3.01. The second-order valence-corrected chi connectivity index (χ2v) is 7.11. The average molecular weight is 351 g/mol. The molecule has 0 amide bonds. The molecule has 4 heteroatoms. The van der Waals surface area contributed by atoms with E-state index in [0.717, 1.165) is 11.1 Å². The molecule has 0 aliphatic rings. The summed E-state index contributed by atoms with van der Waals surface area (Å²) in [6.07, 6.45) is 0. The Hall–Kier alpha value is -1.51. The highest BCUT2D eigenvalue weighted by Gasteiger charge is 2.20. The molecule has 0 saturated heterocycles. The van der Waals surface area contributed by atoms with Gasteiger partial charge in [0.15, 0.2) is 5.78 Å². The van der Waals surface area contributed by atoms with Crippen LogP contribution < -0.4 is 0 Å². The quantitative estimate of drug-likeness (QED) is 0.668. The highest BCUT2D eigenvalue weighted by atomic mass is 35.5. The highest BCUT2D eigenvalue weighted by Crippen LogP contribution is 2.36. The fourth-order valence-electron chi connectivity index (χ4n) is 2.52. The normalized spacial score (nSPS) is 11.3. The van der Waals surface area contributed by atoms with Crippen molar-refractivity contribution in [3.63, 3.8) is 0 Å². The number of phenolic OH excluding ortho intramolecular Hbond substituents is 1. The van der Waals surface area contributed by atoms with Crippen LogP contribution in [0.1, 0.15) is 66.6 Å². The van der Waals surface area contributed by atoms with E-state index < -0.39 is 0 Å². The van der Waals surface area contributed by atoms with Gasteiger partial charge in [-0.15, -0.1) is 0 Å². The molecule has 122 valence electrons. The Morgan fingerprint density at radius 2 is 1.48 bits per heavy atom. The van der Waals surface area contributed by atoms with Crippen molar-refractivity contribution in [2.75, 3.05) is 0 Å². The number of ketones is 1. The number of halogens is 2. The third kappa shape index (κ3) is 3.70. The molecule has 1 N–H and O–H groups in total. The maximum atomic E-state index is 12.8. The average Bonchev–Trinajstić information content (AvgIpc) is 2.46. The Labute approximate surface area is 147 Å². The molecule has 0 aromatic heterocycles. The van der Waals surface area contributed by atoms with Crippen LogP contribution in [0.4, 0.5) is 0 Å². The minimum Gasteiger partial charge on any atom is -0.507 e. The first-order valence-electron chi connectivity index (χ1n) is 7.59. The van der Waals surface area contributed by atoms with E-state index >= 15 is 0 Å². The van der Waals surface area contributed by atoms with E-state index in [1.807, 2.05) is 27.7 Å². The van der Waals surface area contributed by atoms with Crippen LogP contribution in [-0.2, 0) is 0 Å². The molecule has 0 bridgehead atoms. The molecule has 2 nitrogen and oxygen atoms in total. The number of hydrogen-bond donors (Lipinski definition) is 1. The van der Waals surface area contributed by atoms with Gasteiger partial charge in [0.25, 0.3) is 0 Å². The largest absolute Gasteiger partial charge is 0.507 e. The molecule has 0 unspecified atom stereocenters. The van der Waals surface area contributed by atoms with Gasteiger partial charge in [0.1, 0.15) is 5.75 Å². The van der Waals surface area contributed by atoms with Crippen LogP contribution in [0.15, 0.2) is 30.3 Å². The van der Waals surface area contributed by atoms with E-state index in [2.05, 4.69) is 0 Å². The summed E-state index contributed by atoms with van der Waals surface area (Å²) in [5, 5.41) is 11.3. The van der Waals surface area contributed by atoms with Crippen molar-refractivity contribution in [1.29, 1.82) is 0 Å². The second-order valence-electron chi connectivity index (χ2n) is 6.27. The Morgan fingerprint density at radius 3 is 1.91 bits per heavy atom. The Morgan fingerprint density at radius 1 is 0.957 bits per heavy atom. The Balaban J connectivity index is 2.60. The first kappa shape index (κ1) is 17.8. The standard InChI is InChI=1S/C19H20Cl2O2/c1-10(2)15-7-12(8-16(11(3)4)19(15)23)18(22)14-6-5-13(20)9-17(14)21/h5-11,23H,1-4H3. The summed E-state index contributed by atoms with van der Waals surface area (Å²) >= 11 is 12.0. The zero-order valence-electron chi connectivity index (χ0n) is 13.7. The van der Waals surface area contributed by atoms with Crippen molar-refractivity contribution >= 4 is 29.0 Å². The molecular formula is C19H20Cl2O2. The molecule has 0 aliphatic heterocycles. The van der Waals surface area contributed by atoms with Crippen molar-refractivity contribution in [2.45, 2.75) is 39.5 Å². The summed E-state index contributed by atoms with van der Waals surface area (Å²) in [6, 6.07) is 8.33. The number of carbonyl (C=O) groups excluding carboxylic acids is 1. The van der Waals surface area contributed by atoms with Crippen LogP contribution in [-0.4, -0.2) is 10.9 Å². The molecule has 2 aromatic carbocycles. The van der Waals surface area contributed by atoms with Crippen LogP contribution >= 0.6 is 23.2 Å². The van der Waals surface area contributed by atoms with Gasteiger partial charge < -0.3 is 5.11 Å². The summed E-state index contributed by atoms with van der Waals surface area (Å²) in [5.41, 5.74) is 2.47. The van der Waals surface area contributed by atoms with Crippen LogP contribution in [0.2, 0.25) is 10.0 Å². The van der Waals surface area contributed by atoms with Gasteiger partial charge in [-0.1, -0.05) is 50.9 Å². The Kier molecular flexibility index (Phi) is 5.38. The van der Waals surface area contributed by atoms with Crippen molar-refractivity contribution in [2.24, 2.45) is 0 Å². The summed E-state index contributed by atoms with van der Waals surface area (Å²) < 4.78 is 0. The second kappa shape index (κ2) is 6.94. The van der Waals surface area contributed by atoms with E-state index in [4.69, 9.17) is 23.2 Å². The fraction of sp³-hybridized carbons (Fsp3) is 0.316. The van der Waals surface area contributed by atoms with Gasteiger partial charge >= 0.3 is 0 Å². The predicted octanol–water partition coefficient (Wildman–Crippen LogP) is 6.18. The first-order chi connectivity index (χ1) is 10.7. The van der Waals surface area contributed by atoms with Crippen molar-refractivity contribution in [3.8, 4) is 5.75 Å².